The lowest BCUT2D eigenvalue weighted by molar-refractivity contribution is 0.583. The molecule has 0 bridgehead atoms. The molecule has 0 aliphatic carbocycles. The van der Waals surface area contributed by atoms with E-state index in [4.69, 9.17) is 0 Å². The molecule has 0 spiro atoms. The van der Waals surface area contributed by atoms with E-state index < -0.39 is 5.95 Å². The molecule has 0 saturated carbocycles. The van der Waals surface area contributed by atoms with Crippen molar-refractivity contribution < 1.29 is 4.39 Å². The molecule has 0 atom stereocenters. The fourth-order valence-electron chi connectivity index (χ4n) is 0.500. The van der Waals surface area contributed by atoms with Crippen LogP contribution < -0.4 is 5.32 Å². The van der Waals surface area contributed by atoms with Crippen LogP contribution in [0.1, 0.15) is 0 Å². The molecule has 3 heteroatoms. The molecule has 1 aromatic heterocycles. The van der Waals surface area contributed by atoms with Gasteiger partial charge in [0, 0.05) is 7.05 Å². The number of hydrogen-bond acceptors (Lipinski definition) is 1. The van der Waals surface area contributed by atoms with E-state index in [9.17, 15) is 4.39 Å². The monoisotopic (exact) mass is 125 g/mol. The smallest absolute Gasteiger partial charge is 0.212 e. The summed E-state index contributed by atoms with van der Waals surface area (Å²) in [6, 6.07) is 2.85. The van der Waals surface area contributed by atoms with Crippen molar-refractivity contribution in [1.82, 2.24) is 10.3 Å². The molecule has 0 saturated heterocycles. The number of halogens is 1. The molecule has 9 heavy (non-hydrogen) atoms. The van der Waals surface area contributed by atoms with E-state index in [1.54, 1.807) is 13.1 Å². The third kappa shape index (κ3) is 1.38. The maximum Gasteiger partial charge on any atom is 0.212 e. The molecule has 1 aromatic rings. The number of aromatic nitrogens is 1. The van der Waals surface area contributed by atoms with Gasteiger partial charge in [0.15, 0.2) is 0 Å². The third-order valence-corrected chi connectivity index (χ3v) is 0.970. The minimum atomic E-state index is -0.470. The molecule has 1 radical (unpaired) electrons. The topological polar surface area (TPSA) is 27.0 Å². The molecular weight excluding hydrogens is 119 g/mol. The van der Waals surface area contributed by atoms with Crippen LogP contribution in [0.15, 0.2) is 18.3 Å². The second-order valence-corrected chi connectivity index (χ2v) is 1.56. The van der Waals surface area contributed by atoms with Gasteiger partial charge in [0.25, 0.3) is 0 Å². The van der Waals surface area contributed by atoms with Crippen molar-refractivity contribution >= 4 is 5.69 Å². The van der Waals surface area contributed by atoms with Crippen LogP contribution >= 0.6 is 0 Å². The first kappa shape index (κ1) is 6.01. The molecule has 1 heterocycles. The van der Waals surface area contributed by atoms with Gasteiger partial charge >= 0.3 is 0 Å². The minimum Gasteiger partial charge on any atom is -0.287 e. The molecule has 1 rings (SSSR count). The summed E-state index contributed by atoms with van der Waals surface area (Å²) in [5, 5.41) is 3.78. The Morgan fingerprint density at radius 1 is 1.56 bits per heavy atom. The summed E-state index contributed by atoms with van der Waals surface area (Å²) in [5.41, 5.74) is 0.691. The van der Waals surface area contributed by atoms with Crippen LogP contribution in [0.5, 0.6) is 0 Å². The summed E-state index contributed by atoms with van der Waals surface area (Å²) < 4.78 is 12.1. The van der Waals surface area contributed by atoms with Crippen LogP contribution in [0.25, 0.3) is 0 Å². The summed E-state index contributed by atoms with van der Waals surface area (Å²) in [6.45, 7) is 0. The maximum absolute atomic E-state index is 12.1. The highest BCUT2D eigenvalue weighted by molar-refractivity contribution is 5.30. The largest absolute Gasteiger partial charge is 0.287 e. The van der Waals surface area contributed by atoms with E-state index >= 15 is 0 Å². The Bertz CT molecular complexity index is 183. The predicted octanol–water partition coefficient (Wildman–Crippen LogP) is 1.09. The Labute approximate surface area is 52.7 Å². The Balaban J connectivity index is 2.88. The van der Waals surface area contributed by atoms with Gasteiger partial charge in [-0.3, -0.25) is 5.32 Å². The van der Waals surface area contributed by atoms with Gasteiger partial charge in [-0.15, -0.1) is 0 Å². The van der Waals surface area contributed by atoms with E-state index in [2.05, 4.69) is 10.3 Å². The zero-order chi connectivity index (χ0) is 6.69. The highest BCUT2D eigenvalue weighted by atomic mass is 19.1. The molecule has 0 aromatic carbocycles. The predicted molar refractivity (Wildman–Crippen MR) is 31.9 cm³/mol. The van der Waals surface area contributed by atoms with Gasteiger partial charge in [-0.1, -0.05) is 0 Å². The Hall–Kier alpha value is -1.12. The molecule has 0 aliphatic rings. The molecule has 2 nitrogen and oxygen atoms in total. The number of hydrogen-bond donors (Lipinski definition) is 0. The standard InChI is InChI=1S/C6H6FN2/c1-8-5-2-3-6(7)9-4-5/h2-4H,1H3. The van der Waals surface area contributed by atoms with Gasteiger partial charge in [-0.05, 0) is 12.1 Å². The maximum atomic E-state index is 12.1. The number of rotatable bonds is 1. The lowest BCUT2D eigenvalue weighted by Gasteiger charge is -1.92. The van der Waals surface area contributed by atoms with Crippen molar-refractivity contribution in [3.8, 4) is 0 Å². The van der Waals surface area contributed by atoms with Crippen LogP contribution in [0.4, 0.5) is 10.1 Å². The van der Waals surface area contributed by atoms with Crippen molar-refractivity contribution in [2.45, 2.75) is 0 Å². The summed E-state index contributed by atoms with van der Waals surface area (Å²) in [6.07, 6.45) is 1.38. The van der Waals surface area contributed by atoms with E-state index in [0.717, 1.165) is 0 Å². The van der Waals surface area contributed by atoms with E-state index in [1.807, 2.05) is 0 Å². The first-order chi connectivity index (χ1) is 4.33. The van der Waals surface area contributed by atoms with Crippen molar-refractivity contribution in [3.63, 3.8) is 0 Å². The molecule has 0 fully saturated rings. The second-order valence-electron chi connectivity index (χ2n) is 1.56. The first-order valence-corrected chi connectivity index (χ1v) is 2.54. The molecule has 47 valence electrons. The molecule has 0 amide bonds. The lowest BCUT2D eigenvalue weighted by atomic mass is 10.4. The van der Waals surface area contributed by atoms with E-state index in [-0.39, 0.29) is 0 Å². The Kier molecular flexibility index (Phi) is 1.63. The van der Waals surface area contributed by atoms with Gasteiger partial charge in [0.2, 0.25) is 5.95 Å². The van der Waals surface area contributed by atoms with Crippen LogP contribution in [0.2, 0.25) is 0 Å². The lowest BCUT2D eigenvalue weighted by Crippen LogP contribution is -1.88. The van der Waals surface area contributed by atoms with Gasteiger partial charge in [-0.2, -0.15) is 4.39 Å². The normalized spacial score (nSPS) is 9.11. The second kappa shape index (κ2) is 2.44. The van der Waals surface area contributed by atoms with Crippen LogP contribution in [0, 0.1) is 5.95 Å². The van der Waals surface area contributed by atoms with Crippen molar-refractivity contribution in [1.29, 1.82) is 0 Å². The van der Waals surface area contributed by atoms with Gasteiger partial charge < -0.3 is 0 Å². The summed E-state index contributed by atoms with van der Waals surface area (Å²) in [5.74, 6) is -0.470. The Morgan fingerprint density at radius 3 is 2.78 bits per heavy atom. The molecule has 0 N–H and O–H groups in total. The zero-order valence-electron chi connectivity index (χ0n) is 5.00. The fraction of sp³-hybridized carbons (Fsp3) is 0.167. The first-order valence-electron chi connectivity index (χ1n) is 2.54. The summed E-state index contributed by atoms with van der Waals surface area (Å²) in [4.78, 5) is 3.39. The SMILES string of the molecule is C[N]c1ccc(F)nc1. The average molecular weight is 125 g/mol. The molecular formula is C6H6FN2. The van der Waals surface area contributed by atoms with Crippen molar-refractivity contribution in [2.24, 2.45) is 0 Å². The molecule has 0 unspecified atom stereocenters. The van der Waals surface area contributed by atoms with Crippen LogP contribution in [-0.4, -0.2) is 12.0 Å². The number of pyridine rings is 1. The highest BCUT2D eigenvalue weighted by Gasteiger charge is 1.89. The quantitative estimate of drug-likeness (QED) is 0.516. The van der Waals surface area contributed by atoms with Crippen LogP contribution in [-0.2, 0) is 0 Å². The summed E-state index contributed by atoms with van der Waals surface area (Å²) >= 11 is 0. The fourth-order valence-corrected chi connectivity index (χ4v) is 0.500. The number of nitrogens with zero attached hydrogens (tertiary/aromatic N) is 2. The zero-order valence-corrected chi connectivity index (χ0v) is 5.00. The third-order valence-electron chi connectivity index (χ3n) is 0.970. The van der Waals surface area contributed by atoms with Crippen molar-refractivity contribution in [2.75, 3.05) is 7.05 Å². The summed E-state index contributed by atoms with van der Waals surface area (Å²) in [7, 11) is 1.63. The van der Waals surface area contributed by atoms with E-state index in [1.165, 1.54) is 12.3 Å². The van der Waals surface area contributed by atoms with Gasteiger partial charge in [0.05, 0.1) is 11.9 Å². The minimum absolute atomic E-state index is 0.470. The van der Waals surface area contributed by atoms with E-state index in [0.29, 0.717) is 5.69 Å². The van der Waals surface area contributed by atoms with Gasteiger partial charge in [0.1, 0.15) is 0 Å². The van der Waals surface area contributed by atoms with Crippen molar-refractivity contribution in [3.05, 3.63) is 24.3 Å². The molecule has 0 aliphatic heterocycles. The Morgan fingerprint density at radius 2 is 2.33 bits per heavy atom. The average Bonchev–Trinajstić information content (AvgIpc) is 1.90. The van der Waals surface area contributed by atoms with Crippen LogP contribution in [0.3, 0.4) is 0 Å². The highest BCUT2D eigenvalue weighted by Crippen LogP contribution is 2.02. The van der Waals surface area contributed by atoms with Gasteiger partial charge in [-0.25, -0.2) is 4.98 Å².